The number of rotatable bonds is 7. The molecule has 8 nitrogen and oxygen atoms in total. The standard InChI is InChI=1S/C13H28N6O2/c1-12(2,7-18-11(15)16)13(3,4)9(10(21)17-5)19-8(20)6-14/h9H,6-7,14H2,1-5H3,(H,17,21)(H,19,20)(H4,15,16,18). The summed E-state index contributed by atoms with van der Waals surface area (Å²) < 4.78 is 0. The zero-order valence-corrected chi connectivity index (χ0v) is 13.5. The lowest BCUT2D eigenvalue weighted by Crippen LogP contribution is -2.59. The molecule has 0 saturated heterocycles. The molecule has 0 aliphatic heterocycles. The monoisotopic (exact) mass is 300 g/mol. The highest BCUT2D eigenvalue weighted by Crippen LogP contribution is 2.41. The van der Waals surface area contributed by atoms with Crippen molar-refractivity contribution in [2.75, 3.05) is 20.1 Å². The molecule has 1 unspecified atom stereocenters. The Balaban J connectivity index is 5.46. The number of nitrogens with zero attached hydrogens (tertiary/aromatic N) is 1. The van der Waals surface area contributed by atoms with E-state index < -0.39 is 22.8 Å². The zero-order valence-electron chi connectivity index (χ0n) is 13.5. The molecule has 0 aromatic carbocycles. The molecule has 8 heteroatoms. The van der Waals surface area contributed by atoms with Gasteiger partial charge in [-0.05, 0) is 5.41 Å². The van der Waals surface area contributed by atoms with Crippen LogP contribution >= 0.6 is 0 Å². The second-order valence-electron chi connectivity index (χ2n) is 6.17. The van der Waals surface area contributed by atoms with Crippen molar-refractivity contribution in [1.82, 2.24) is 10.6 Å². The van der Waals surface area contributed by atoms with E-state index in [9.17, 15) is 9.59 Å². The summed E-state index contributed by atoms with van der Waals surface area (Å²) in [6.07, 6.45) is 0. The number of carbonyl (C=O) groups is 2. The second-order valence-corrected chi connectivity index (χ2v) is 6.17. The van der Waals surface area contributed by atoms with E-state index in [4.69, 9.17) is 17.2 Å². The molecule has 0 heterocycles. The van der Waals surface area contributed by atoms with Crippen LogP contribution in [-0.4, -0.2) is 44.0 Å². The van der Waals surface area contributed by atoms with Crippen LogP contribution in [0, 0.1) is 10.8 Å². The molecule has 0 rings (SSSR count). The first kappa shape index (κ1) is 19.2. The van der Waals surface area contributed by atoms with Crippen LogP contribution in [0.2, 0.25) is 0 Å². The maximum Gasteiger partial charge on any atom is 0.242 e. The lowest BCUT2D eigenvalue weighted by molar-refractivity contribution is -0.133. The predicted molar refractivity (Wildman–Crippen MR) is 83.3 cm³/mol. The molecular formula is C13H28N6O2. The maximum atomic E-state index is 12.1. The van der Waals surface area contributed by atoms with Gasteiger partial charge >= 0.3 is 0 Å². The Morgan fingerprint density at radius 2 is 1.71 bits per heavy atom. The van der Waals surface area contributed by atoms with Gasteiger partial charge < -0.3 is 27.8 Å². The Bertz CT molecular complexity index is 413. The third kappa shape index (κ3) is 4.89. The Morgan fingerprint density at radius 3 is 2.10 bits per heavy atom. The minimum Gasteiger partial charge on any atom is -0.370 e. The quantitative estimate of drug-likeness (QED) is 0.286. The summed E-state index contributed by atoms with van der Waals surface area (Å²) in [6.45, 7) is 7.78. The van der Waals surface area contributed by atoms with Crippen molar-refractivity contribution < 1.29 is 9.59 Å². The Labute approximate surface area is 125 Å². The molecule has 0 radical (unpaired) electrons. The smallest absolute Gasteiger partial charge is 0.242 e. The van der Waals surface area contributed by atoms with Gasteiger partial charge in [-0.1, -0.05) is 27.7 Å². The summed E-state index contributed by atoms with van der Waals surface area (Å²) in [6, 6.07) is -0.747. The fourth-order valence-electron chi connectivity index (χ4n) is 1.82. The van der Waals surface area contributed by atoms with Crippen LogP contribution in [0.1, 0.15) is 27.7 Å². The first-order chi connectivity index (χ1) is 9.49. The number of nitrogens with two attached hydrogens (primary N) is 3. The van der Waals surface area contributed by atoms with E-state index in [1.165, 1.54) is 7.05 Å². The van der Waals surface area contributed by atoms with Crippen molar-refractivity contribution in [2.45, 2.75) is 33.7 Å². The number of guanidine groups is 1. The molecule has 2 amide bonds. The minimum atomic E-state index is -0.747. The van der Waals surface area contributed by atoms with Gasteiger partial charge in [-0.2, -0.15) is 0 Å². The Kier molecular flexibility index (Phi) is 6.62. The normalized spacial score (nSPS) is 13.2. The van der Waals surface area contributed by atoms with Crippen LogP contribution in [0.3, 0.4) is 0 Å². The summed E-state index contributed by atoms with van der Waals surface area (Å²) in [5, 5.41) is 5.22. The van der Waals surface area contributed by atoms with Gasteiger partial charge in [0.25, 0.3) is 0 Å². The third-order valence-corrected chi connectivity index (χ3v) is 4.12. The van der Waals surface area contributed by atoms with Gasteiger partial charge in [0.05, 0.1) is 6.54 Å². The van der Waals surface area contributed by atoms with E-state index in [1.807, 2.05) is 27.7 Å². The van der Waals surface area contributed by atoms with Crippen molar-refractivity contribution in [3.8, 4) is 0 Å². The van der Waals surface area contributed by atoms with E-state index in [0.717, 1.165) is 0 Å². The summed E-state index contributed by atoms with van der Waals surface area (Å²) in [4.78, 5) is 27.8. The Morgan fingerprint density at radius 1 is 1.19 bits per heavy atom. The maximum absolute atomic E-state index is 12.1. The molecule has 0 aromatic rings. The SMILES string of the molecule is CNC(=O)C(NC(=O)CN)C(C)(C)C(C)(C)CN=C(N)N. The molecule has 21 heavy (non-hydrogen) atoms. The van der Waals surface area contributed by atoms with E-state index in [-0.39, 0.29) is 18.4 Å². The fourth-order valence-corrected chi connectivity index (χ4v) is 1.82. The van der Waals surface area contributed by atoms with Crippen LogP contribution in [0.15, 0.2) is 4.99 Å². The van der Waals surface area contributed by atoms with Gasteiger partial charge in [0.2, 0.25) is 11.8 Å². The molecule has 0 saturated carbocycles. The molecule has 0 spiro atoms. The van der Waals surface area contributed by atoms with Gasteiger partial charge in [0.15, 0.2) is 5.96 Å². The van der Waals surface area contributed by atoms with E-state index in [0.29, 0.717) is 6.54 Å². The topological polar surface area (TPSA) is 149 Å². The number of nitrogens with one attached hydrogen (secondary N) is 2. The lowest BCUT2D eigenvalue weighted by Gasteiger charge is -2.45. The number of aliphatic imine (C=N–C) groups is 1. The molecular weight excluding hydrogens is 272 g/mol. The van der Waals surface area contributed by atoms with Crippen molar-refractivity contribution >= 4 is 17.8 Å². The number of likely N-dealkylation sites (N-methyl/N-ethyl adjacent to an activating group) is 1. The summed E-state index contributed by atoms with van der Waals surface area (Å²) >= 11 is 0. The number of amides is 2. The summed E-state index contributed by atoms with van der Waals surface area (Å²) in [5.74, 6) is -0.699. The van der Waals surface area contributed by atoms with Gasteiger partial charge in [-0.3, -0.25) is 14.6 Å². The van der Waals surface area contributed by atoms with E-state index >= 15 is 0 Å². The molecule has 0 bridgehead atoms. The van der Waals surface area contributed by atoms with Crippen molar-refractivity contribution in [3.63, 3.8) is 0 Å². The number of hydrogen-bond donors (Lipinski definition) is 5. The highest BCUT2D eigenvalue weighted by molar-refractivity contribution is 5.88. The lowest BCUT2D eigenvalue weighted by atomic mass is 9.63. The molecule has 0 aliphatic rings. The van der Waals surface area contributed by atoms with Gasteiger partial charge in [-0.15, -0.1) is 0 Å². The average Bonchev–Trinajstić information content (AvgIpc) is 2.40. The van der Waals surface area contributed by atoms with Gasteiger partial charge in [0.1, 0.15) is 6.04 Å². The first-order valence-electron chi connectivity index (χ1n) is 6.76. The van der Waals surface area contributed by atoms with Crippen LogP contribution in [0.25, 0.3) is 0 Å². The van der Waals surface area contributed by atoms with Crippen LogP contribution < -0.4 is 27.8 Å². The zero-order chi connectivity index (χ0) is 16.8. The average molecular weight is 300 g/mol. The summed E-state index contributed by atoms with van der Waals surface area (Å²) in [5.41, 5.74) is 15.0. The predicted octanol–water partition coefficient (Wildman–Crippen LogP) is -1.50. The van der Waals surface area contributed by atoms with E-state index in [2.05, 4.69) is 15.6 Å². The van der Waals surface area contributed by atoms with Gasteiger partial charge in [0, 0.05) is 19.0 Å². The van der Waals surface area contributed by atoms with E-state index in [1.54, 1.807) is 0 Å². The fraction of sp³-hybridized carbons (Fsp3) is 0.769. The summed E-state index contributed by atoms with van der Waals surface area (Å²) in [7, 11) is 1.52. The largest absolute Gasteiger partial charge is 0.370 e. The number of carbonyl (C=O) groups excluding carboxylic acids is 2. The molecule has 1 atom stereocenters. The molecule has 0 aliphatic carbocycles. The van der Waals surface area contributed by atoms with Crippen molar-refractivity contribution in [1.29, 1.82) is 0 Å². The van der Waals surface area contributed by atoms with Gasteiger partial charge in [-0.25, -0.2) is 0 Å². The molecule has 8 N–H and O–H groups in total. The van der Waals surface area contributed by atoms with Crippen LogP contribution in [-0.2, 0) is 9.59 Å². The van der Waals surface area contributed by atoms with Crippen LogP contribution in [0.4, 0.5) is 0 Å². The number of hydrogen-bond acceptors (Lipinski definition) is 4. The first-order valence-corrected chi connectivity index (χ1v) is 6.76. The molecule has 122 valence electrons. The minimum absolute atomic E-state index is 0.0126. The Hall–Kier alpha value is -1.83. The second kappa shape index (κ2) is 7.26. The third-order valence-electron chi connectivity index (χ3n) is 4.12. The molecule has 0 aromatic heterocycles. The van der Waals surface area contributed by atoms with Crippen molar-refractivity contribution in [2.24, 2.45) is 33.0 Å². The highest BCUT2D eigenvalue weighted by atomic mass is 16.2. The van der Waals surface area contributed by atoms with Crippen molar-refractivity contribution in [3.05, 3.63) is 0 Å². The molecule has 0 fully saturated rings. The highest BCUT2D eigenvalue weighted by Gasteiger charge is 2.46. The van der Waals surface area contributed by atoms with Crippen LogP contribution in [0.5, 0.6) is 0 Å².